The summed E-state index contributed by atoms with van der Waals surface area (Å²) in [6, 6.07) is 4.27. The molecule has 0 aromatic heterocycles. The SMILES string of the molecule is O=C(O)CN1CCC(CN2CCN(c3cccc4c3C(=O)N(C3CCC(=O)NC3=O)C4=O)CC2)CC1. The third kappa shape index (κ3) is 4.72. The maximum atomic E-state index is 13.4. The van der Waals surface area contributed by atoms with Gasteiger partial charge in [-0.25, -0.2) is 0 Å². The number of hydrogen-bond donors (Lipinski definition) is 2. The molecular formula is C25H31N5O6. The molecular weight excluding hydrogens is 466 g/mol. The maximum Gasteiger partial charge on any atom is 0.317 e. The molecule has 5 rings (SSSR count). The van der Waals surface area contributed by atoms with Crippen LogP contribution < -0.4 is 10.2 Å². The molecule has 0 radical (unpaired) electrons. The number of piperazine rings is 1. The molecule has 3 fully saturated rings. The van der Waals surface area contributed by atoms with Crippen molar-refractivity contribution in [1.82, 2.24) is 20.0 Å². The van der Waals surface area contributed by atoms with Crippen molar-refractivity contribution < 1.29 is 29.1 Å². The van der Waals surface area contributed by atoms with Crippen LogP contribution in [0.2, 0.25) is 0 Å². The summed E-state index contributed by atoms with van der Waals surface area (Å²) in [6.07, 6.45) is 2.22. The van der Waals surface area contributed by atoms with E-state index >= 15 is 0 Å². The Balaban J connectivity index is 1.21. The zero-order chi connectivity index (χ0) is 25.4. The molecule has 36 heavy (non-hydrogen) atoms. The van der Waals surface area contributed by atoms with Crippen LogP contribution in [0.4, 0.5) is 5.69 Å². The lowest BCUT2D eigenvalue weighted by Crippen LogP contribution is -2.54. The highest BCUT2D eigenvalue weighted by Gasteiger charge is 2.46. The van der Waals surface area contributed by atoms with Gasteiger partial charge >= 0.3 is 5.97 Å². The number of nitrogens with zero attached hydrogens (tertiary/aromatic N) is 4. The van der Waals surface area contributed by atoms with Gasteiger partial charge in [0.1, 0.15) is 6.04 Å². The Morgan fingerprint density at radius 1 is 0.917 bits per heavy atom. The van der Waals surface area contributed by atoms with E-state index in [1.54, 1.807) is 12.1 Å². The Bertz CT molecular complexity index is 1090. The van der Waals surface area contributed by atoms with Gasteiger partial charge < -0.3 is 10.0 Å². The molecule has 1 aromatic rings. The van der Waals surface area contributed by atoms with Crippen molar-refractivity contribution in [2.24, 2.45) is 5.92 Å². The predicted octanol–water partition coefficient (Wildman–Crippen LogP) is 0.00640. The number of carboxylic acid groups (broad SMARTS) is 1. The molecule has 1 aromatic carbocycles. The fourth-order valence-electron chi connectivity index (χ4n) is 5.82. The van der Waals surface area contributed by atoms with Crippen molar-refractivity contribution in [2.45, 2.75) is 31.7 Å². The highest BCUT2D eigenvalue weighted by molar-refractivity contribution is 6.25. The molecule has 0 bridgehead atoms. The number of carbonyl (C=O) groups excluding carboxylic acids is 4. The first-order chi connectivity index (χ1) is 17.3. The number of carbonyl (C=O) groups is 5. The van der Waals surface area contributed by atoms with Crippen LogP contribution in [0.1, 0.15) is 46.4 Å². The number of fused-ring (bicyclic) bond motifs is 1. The lowest BCUT2D eigenvalue weighted by molar-refractivity contribution is -0.139. The van der Waals surface area contributed by atoms with Crippen LogP contribution in [0.5, 0.6) is 0 Å². The van der Waals surface area contributed by atoms with Crippen LogP contribution >= 0.6 is 0 Å². The highest BCUT2D eigenvalue weighted by Crippen LogP contribution is 2.34. The Morgan fingerprint density at radius 3 is 2.31 bits per heavy atom. The summed E-state index contributed by atoms with van der Waals surface area (Å²) in [5.41, 5.74) is 1.35. The van der Waals surface area contributed by atoms with E-state index in [9.17, 15) is 24.0 Å². The first-order valence-corrected chi connectivity index (χ1v) is 12.6. The number of carboxylic acids is 1. The Morgan fingerprint density at radius 2 is 1.64 bits per heavy atom. The first-order valence-electron chi connectivity index (χ1n) is 12.6. The number of anilines is 1. The minimum Gasteiger partial charge on any atom is -0.480 e. The second-order valence-corrected chi connectivity index (χ2v) is 10.0. The second kappa shape index (κ2) is 9.98. The minimum atomic E-state index is -0.971. The molecule has 4 amide bonds. The standard InChI is InChI=1S/C25H31N5O6/c31-20-5-4-19(23(34)26-20)30-24(35)17-2-1-3-18(22(17)25(30)36)29-12-10-28(11-13-29)14-16-6-8-27(9-7-16)15-21(32)33/h1-3,16,19H,4-15H2,(H,32,33)(H,26,31,34). The van der Waals surface area contributed by atoms with Gasteiger partial charge in [-0.15, -0.1) is 0 Å². The third-order valence-corrected chi connectivity index (χ3v) is 7.74. The topological polar surface area (TPSA) is 131 Å². The Kier molecular flexibility index (Phi) is 6.76. The van der Waals surface area contributed by atoms with Gasteiger partial charge in [0.15, 0.2) is 0 Å². The average molecular weight is 498 g/mol. The minimum absolute atomic E-state index is 0.0945. The zero-order valence-electron chi connectivity index (χ0n) is 20.1. The van der Waals surface area contributed by atoms with E-state index in [2.05, 4.69) is 15.1 Å². The number of likely N-dealkylation sites (tertiary alicyclic amines) is 1. The summed E-state index contributed by atoms with van der Waals surface area (Å²) in [5, 5.41) is 11.2. The lowest BCUT2D eigenvalue weighted by Gasteiger charge is -2.39. The van der Waals surface area contributed by atoms with Crippen molar-refractivity contribution in [3.05, 3.63) is 29.3 Å². The summed E-state index contributed by atoms with van der Waals surface area (Å²) in [5.74, 6) is -2.20. The van der Waals surface area contributed by atoms with Crippen molar-refractivity contribution in [2.75, 3.05) is 57.3 Å². The van der Waals surface area contributed by atoms with Gasteiger partial charge in [0.05, 0.1) is 23.4 Å². The normalized spacial score (nSPS) is 24.3. The van der Waals surface area contributed by atoms with Crippen LogP contribution in [0.3, 0.4) is 0 Å². The van der Waals surface area contributed by atoms with Gasteiger partial charge in [0.2, 0.25) is 11.8 Å². The van der Waals surface area contributed by atoms with E-state index in [-0.39, 0.29) is 19.4 Å². The van der Waals surface area contributed by atoms with E-state index in [0.29, 0.717) is 35.8 Å². The van der Waals surface area contributed by atoms with E-state index in [4.69, 9.17) is 5.11 Å². The fraction of sp³-hybridized carbons (Fsp3) is 0.560. The van der Waals surface area contributed by atoms with Crippen LogP contribution in [0, 0.1) is 5.92 Å². The average Bonchev–Trinajstić information content (AvgIpc) is 3.11. The molecule has 0 aliphatic carbocycles. The zero-order valence-corrected chi connectivity index (χ0v) is 20.1. The van der Waals surface area contributed by atoms with Crippen LogP contribution in [0.15, 0.2) is 18.2 Å². The molecule has 3 saturated heterocycles. The molecule has 4 heterocycles. The molecule has 11 heteroatoms. The number of amides is 4. The second-order valence-electron chi connectivity index (χ2n) is 10.0. The van der Waals surface area contributed by atoms with Crippen molar-refractivity contribution in [3.8, 4) is 0 Å². The van der Waals surface area contributed by atoms with Gasteiger partial charge in [-0.1, -0.05) is 6.07 Å². The van der Waals surface area contributed by atoms with Crippen molar-refractivity contribution in [1.29, 1.82) is 0 Å². The predicted molar refractivity (Wildman–Crippen MR) is 129 cm³/mol. The van der Waals surface area contributed by atoms with Gasteiger partial charge in [-0.05, 0) is 50.4 Å². The van der Waals surface area contributed by atoms with E-state index in [0.717, 1.165) is 50.5 Å². The molecule has 4 aliphatic heterocycles. The molecule has 11 nitrogen and oxygen atoms in total. The monoisotopic (exact) mass is 497 g/mol. The van der Waals surface area contributed by atoms with E-state index in [1.807, 2.05) is 11.0 Å². The third-order valence-electron chi connectivity index (χ3n) is 7.74. The number of aliphatic carboxylic acids is 1. The fourth-order valence-corrected chi connectivity index (χ4v) is 5.82. The molecule has 0 spiro atoms. The highest BCUT2D eigenvalue weighted by atomic mass is 16.4. The molecule has 0 saturated carbocycles. The number of piperidine rings is 2. The summed E-state index contributed by atoms with van der Waals surface area (Å²) in [6.45, 7) is 5.80. The number of benzene rings is 1. The Labute approximate surface area is 209 Å². The molecule has 4 aliphatic rings. The Hall–Kier alpha value is -3.31. The largest absolute Gasteiger partial charge is 0.480 e. The van der Waals surface area contributed by atoms with Gasteiger partial charge in [0.25, 0.3) is 11.8 Å². The molecule has 192 valence electrons. The lowest BCUT2D eigenvalue weighted by atomic mass is 9.96. The first kappa shape index (κ1) is 24.4. The van der Waals surface area contributed by atoms with Crippen LogP contribution in [0.25, 0.3) is 0 Å². The summed E-state index contributed by atoms with van der Waals surface area (Å²) >= 11 is 0. The smallest absolute Gasteiger partial charge is 0.317 e. The van der Waals surface area contributed by atoms with Gasteiger partial charge in [0, 0.05) is 39.1 Å². The van der Waals surface area contributed by atoms with Crippen LogP contribution in [-0.4, -0.2) is 108 Å². The molecule has 2 N–H and O–H groups in total. The molecule has 1 atom stereocenters. The summed E-state index contributed by atoms with van der Waals surface area (Å²) in [4.78, 5) is 68.8. The van der Waals surface area contributed by atoms with Crippen LogP contribution in [-0.2, 0) is 14.4 Å². The summed E-state index contributed by atoms with van der Waals surface area (Å²) < 4.78 is 0. The van der Waals surface area contributed by atoms with E-state index in [1.165, 1.54) is 0 Å². The summed E-state index contributed by atoms with van der Waals surface area (Å²) in [7, 11) is 0. The number of imide groups is 2. The van der Waals surface area contributed by atoms with Gasteiger partial charge in [-0.3, -0.25) is 44.0 Å². The van der Waals surface area contributed by atoms with Gasteiger partial charge in [-0.2, -0.15) is 0 Å². The van der Waals surface area contributed by atoms with Crippen molar-refractivity contribution >= 4 is 35.3 Å². The quantitative estimate of drug-likeness (QED) is 0.522. The number of rotatable bonds is 6. The van der Waals surface area contributed by atoms with E-state index < -0.39 is 35.6 Å². The maximum absolute atomic E-state index is 13.4. The van der Waals surface area contributed by atoms with Crippen molar-refractivity contribution in [3.63, 3.8) is 0 Å². The molecule has 1 unspecified atom stereocenters. The number of hydrogen-bond acceptors (Lipinski definition) is 8. The number of nitrogens with one attached hydrogen (secondary N) is 1.